The van der Waals surface area contributed by atoms with Gasteiger partial charge in [0.1, 0.15) is 0 Å². The van der Waals surface area contributed by atoms with Gasteiger partial charge < -0.3 is 10.1 Å². The molecule has 6 nitrogen and oxygen atoms in total. The second-order valence-corrected chi connectivity index (χ2v) is 9.31. The third kappa shape index (κ3) is 5.35. The van der Waals surface area contributed by atoms with Crippen molar-refractivity contribution in [1.29, 1.82) is 0 Å². The summed E-state index contributed by atoms with van der Waals surface area (Å²) in [5.41, 5.74) is 2.34. The largest absolute Gasteiger partial charge is 0.450 e. The molecule has 0 bridgehead atoms. The number of carbonyl (C=O) groups is 1. The number of alkyl carbamates (subject to hydrolysis) is 1. The Balaban J connectivity index is 1.87. The predicted molar refractivity (Wildman–Crippen MR) is 124 cm³/mol. The van der Waals surface area contributed by atoms with Crippen molar-refractivity contribution < 1.29 is 17.9 Å². The van der Waals surface area contributed by atoms with Gasteiger partial charge in [0.25, 0.3) is 10.0 Å². The number of nitrogens with one attached hydrogen (secondary N) is 1. The molecule has 3 aromatic rings. The first-order chi connectivity index (χ1) is 14.8. The first-order valence-corrected chi connectivity index (χ1v) is 11.8. The van der Waals surface area contributed by atoms with Crippen LogP contribution in [0.15, 0.2) is 65.7 Å². The molecule has 2 aromatic carbocycles. The Morgan fingerprint density at radius 3 is 2.58 bits per heavy atom. The molecular formula is C24H28N2O4S. The van der Waals surface area contributed by atoms with Gasteiger partial charge in [0.2, 0.25) is 0 Å². The summed E-state index contributed by atoms with van der Waals surface area (Å²) < 4.78 is 32.9. The van der Waals surface area contributed by atoms with Gasteiger partial charge in [-0.25, -0.2) is 17.2 Å². The third-order valence-electron chi connectivity index (χ3n) is 4.93. The number of hydrogen-bond donors (Lipinski definition) is 1. The summed E-state index contributed by atoms with van der Waals surface area (Å²) in [6.45, 7) is 6.17. The standard InChI is InChI=1S/C24H28N2O4S/c1-4-5-16-30-24(27)25-19(3)12-13-20-17-26(23-9-7-6-8-22(20)23)31(28,29)21-14-10-18(2)11-15-21/h6-15,17,19H,4-5,16H2,1-3H3,(H,25,27)/b13-12+. The molecule has 0 radical (unpaired) electrons. The number of para-hydroxylation sites is 1. The number of nitrogens with zero attached hydrogens (tertiary/aromatic N) is 1. The highest BCUT2D eigenvalue weighted by atomic mass is 32.2. The number of rotatable bonds is 8. The number of aromatic nitrogens is 1. The zero-order chi connectivity index (χ0) is 22.4. The number of benzene rings is 2. The Hall–Kier alpha value is -3.06. The van der Waals surface area contributed by atoms with Crippen LogP contribution in [0.3, 0.4) is 0 Å². The van der Waals surface area contributed by atoms with E-state index >= 15 is 0 Å². The van der Waals surface area contributed by atoms with Crippen LogP contribution in [0.2, 0.25) is 0 Å². The molecule has 1 atom stereocenters. The maximum absolute atomic E-state index is 13.2. The summed E-state index contributed by atoms with van der Waals surface area (Å²) in [5, 5.41) is 3.56. The summed E-state index contributed by atoms with van der Waals surface area (Å²) in [4.78, 5) is 12.1. The first kappa shape index (κ1) is 22.6. The van der Waals surface area contributed by atoms with Crippen molar-refractivity contribution in [2.24, 2.45) is 0 Å². The third-order valence-corrected chi connectivity index (χ3v) is 6.62. The van der Waals surface area contributed by atoms with Crippen LogP contribution in [0.1, 0.15) is 37.8 Å². The van der Waals surface area contributed by atoms with Crippen molar-refractivity contribution in [3.05, 3.63) is 71.9 Å². The zero-order valence-corrected chi connectivity index (χ0v) is 18.9. The Labute approximate surface area is 183 Å². The van der Waals surface area contributed by atoms with Gasteiger partial charge in [-0.05, 0) is 38.5 Å². The second kappa shape index (κ2) is 9.83. The van der Waals surface area contributed by atoms with E-state index in [1.165, 1.54) is 3.97 Å². The van der Waals surface area contributed by atoms with Crippen molar-refractivity contribution in [3.8, 4) is 0 Å². The van der Waals surface area contributed by atoms with Crippen LogP contribution in [0.5, 0.6) is 0 Å². The summed E-state index contributed by atoms with van der Waals surface area (Å²) >= 11 is 0. The van der Waals surface area contributed by atoms with Crippen molar-refractivity contribution in [2.45, 2.75) is 44.6 Å². The minimum absolute atomic E-state index is 0.235. The average molecular weight is 441 g/mol. The number of aryl methyl sites for hydroxylation is 1. The Bertz CT molecular complexity index is 1180. The molecule has 164 valence electrons. The topological polar surface area (TPSA) is 77.4 Å². The van der Waals surface area contributed by atoms with Gasteiger partial charge in [-0.3, -0.25) is 0 Å². The number of ether oxygens (including phenoxy) is 1. The number of fused-ring (bicyclic) bond motifs is 1. The van der Waals surface area contributed by atoms with Crippen LogP contribution in [-0.2, 0) is 14.8 Å². The van der Waals surface area contributed by atoms with E-state index in [4.69, 9.17) is 4.74 Å². The van der Waals surface area contributed by atoms with Crippen molar-refractivity contribution in [2.75, 3.05) is 6.61 Å². The molecule has 1 unspecified atom stereocenters. The molecule has 0 aliphatic heterocycles. The fourth-order valence-electron chi connectivity index (χ4n) is 3.16. The van der Waals surface area contributed by atoms with E-state index in [1.807, 2.05) is 51.1 Å². The van der Waals surface area contributed by atoms with Gasteiger partial charge in [0, 0.05) is 23.2 Å². The van der Waals surface area contributed by atoms with E-state index in [0.717, 1.165) is 29.4 Å². The lowest BCUT2D eigenvalue weighted by Crippen LogP contribution is -2.31. The lowest BCUT2D eigenvalue weighted by atomic mass is 10.1. The van der Waals surface area contributed by atoms with Crippen LogP contribution >= 0.6 is 0 Å². The van der Waals surface area contributed by atoms with Crippen LogP contribution in [0, 0.1) is 6.92 Å². The SMILES string of the molecule is CCCCOC(=O)NC(C)/C=C/c1cn(S(=O)(=O)c2ccc(C)cc2)c2ccccc12. The molecule has 0 aliphatic rings. The molecule has 3 rings (SSSR count). The highest BCUT2D eigenvalue weighted by Crippen LogP contribution is 2.27. The molecule has 1 amide bonds. The number of hydrogen-bond acceptors (Lipinski definition) is 4. The fraction of sp³-hybridized carbons (Fsp3) is 0.292. The molecule has 1 aromatic heterocycles. The van der Waals surface area contributed by atoms with Crippen LogP contribution in [-0.4, -0.2) is 31.1 Å². The Morgan fingerprint density at radius 1 is 1.16 bits per heavy atom. The molecular weight excluding hydrogens is 412 g/mol. The minimum Gasteiger partial charge on any atom is -0.450 e. The monoisotopic (exact) mass is 440 g/mol. The zero-order valence-electron chi connectivity index (χ0n) is 18.0. The summed E-state index contributed by atoms with van der Waals surface area (Å²) in [5.74, 6) is 0. The van der Waals surface area contributed by atoms with E-state index in [-0.39, 0.29) is 10.9 Å². The van der Waals surface area contributed by atoms with E-state index in [1.54, 1.807) is 36.5 Å². The van der Waals surface area contributed by atoms with Crippen molar-refractivity contribution in [3.63, 3.8) is 0 Å². The van der Waals surface area contributed by atoms with Crippen LogP contribution in [0.25, 0.3) is 17.0 Å². The van der Waals surface area contributed by atoms with Gasteiger partial charge in [0.05, 0.1) is 17.0 Å². The maximum atomic E-state index is 13.2. The highest BCUT2D eigenvalue weighted by molar-refractivity contribution is 7.90. The smallest absolute Gasteiger partial charge is 0.407 e. The Kier molecular flexibility index (Phi) is 7.17. The lowest BCUT2D eigenvalue weighted by molar-refractivity contribution is 0.143. The van der Waals surface area contributed by atoms with Gasteiger partial charge >= 0.3 is 6.09 Å². The molecule has 1 heterocycles. The quantitative estimate of drug-likeness (QED) is 0.494. The van der Waals surface area contributed by atoms with Gasteiger partial charge in [-0.1, -0.05) is 61.4 Å². The molecule has 7 heteroatoms. The molecule has 0 saturated heterocycles. The molecule has 0 fully saturated rings. The normalized spacial score (nSPS) is 12.9. The number of carbonyl (C=O) groups excluding carboxylic acids is 1. The average Bonchev–Trinajstić information content (AvgIpc) is 3.12. The highest BCUT2D eigenvalue weighted by Gasteiger charge is 2.20. The molecule has 0 spiro atoms. The van der Waals surface area contributed by atoms with Crippen LogP contribution < -0.4 is 5.32 Å². The number of unbranched alkanes of at least 4 members (excludes halogenated alkanes) is 1. The van der Waals surface area contributed by atoms with Crippen molar-refractivity contribution >= 4 is 33.1 Å². The molecule has 0 aliphatic carbocycles. The van der Waals surface area contributed by atoms with E-state index in [2.05, 4.69) is 5.32 Å². The molecule has 31 heavy (non-hydrogen) atoms. The predicted octanol–water partition coefficient (Wildman–Crippen LogP) is 5.11. The van der Waals surface area contributed by atoms with Gasteiger partial charge in [-0.2, -0.15) is 0 Å². The summed E-state index contributed by atoms with van der Waals surface area (Å²) in [6.07, 6.45) is 6.56. The van der Waals surface area contributed by atoms with Crippen molar-refractivity contribution in [1.82, 2.24) is 9.29 Å². The molecule has 1 N–H and O–H groups in total. The van der Waals surface area contributed by atoms with Crippen LogP contribution in [0.4, 0.5) is 4.79 Å². The summed E-state index contributed by atoms with van der Waals surface area (Å²) in [6, 6.07) is 13.9. The second-order valence-electron chi connectivity index (χ2n) is 7.50. The summed E-state index contributed by atoms with van der Waals surface area (Å²) in [7, 11) is -3.74. The van der Waals surface area contributed by atoms with E-state index in [0.29, 0.717) is 12.1 Å². The van der Waals surface area contributed by atoms with E-state index in [9.17, 15) is 13.2 Å². The van der Waals surface area contributed by atoms with E-state index < -0.39 is 16.1 Å². The first-order valence-electron chi connectivity index (χ1n) is 10.4. The maximum Gasteiger partial charge on any atom is 0.407 e. The lowest BCUT2D eigenvalue weighted by Gasteiger charge is -2.10. The molecule has 0 saturated carbocycles. The number of amides is 1. The fourth-order valence-corrected chi connectivity index (χ4v) is 4.54. The minimum atomic E-state index is -3.74. The Morgan fingerprint density at radius 2 is 1.87 bits per heavy atom. The van der Waals surface area contributed by atoms with Gasteiger partial charge in [0.15, 0.2) is 0 Å². The van der Waals surface area contributed by atoms with Gasteiger partial charge in [-0.15, -0.1) is 0 Å².